The summed E-state index contributed by atoms with van der Waals surface area (Å²) in [6.45, 7) is 4.06. The standard InChI is InChI=1S/C18H18F2N4O/c1-11(2)17(18(25)22-9-12-5-3-4-6-21-12)24-10-23-15-7-13(19)14(20)8-16(15)24/h3-8,10-11,17H,9H2,1-2H3,(H,22,25). The van der Waals surface area contributed by atoms with Crippen molar-refractivity contribution >= 4 is 16.9 Å². The summed E-state index contributed by atoms with van der Waals surface area (Å²) < 4.78 is 28.6. The van der Waals surface area contributed by atoms with E-state index in [2.05, 4.69) is 15.3 Å². The third-order valence-corrected chi connectivity index (χ3v) is 3.99. The van der Waals surface area contributed by atoms with Gasteiger partial charge in [0.15, 0.2) is 11.6 Å². The Morgan fingerprint density at radius 1 is 1.20 bits per heavy atom. The van der Waals surface area contributed by atoms with E-state index in [1.807, 2.05) is 26.0 Å². The number of pyridine rings is 1. The Balaban J connectivity index is 1.88. The summed E-state index contributed by atoms with van der Waals surface area (Å²) in [4.78, 5) is 20.9. The number of fused-ring (bicyclic) bond motifs is 1. The monoisotopic (exact) mass is 344 g/mol. The largest absolute Gasteiger partial charge is 0.349 e. The topological polar surface area (TPSA) is 59.8 Å². The van der Waals surface area contributed by atoms with Crippen LogP contribution in [0.1, 0.15) is 25.6 Å². The molecule has 2 heterocycles. The maximum atomic E-state index is 13.6. The van der Waals surface area contributed by atoms with Gasteiger partial charge in [-0.2, -0.15) is 0 Å². The first kappa shape index (κ1) is 17.0. The van der Waals surface area contributed by atoms with Crippen LogP contribution in [0, 0.1) is 17.6 Å². The molecule has 0 aliphatic rings. The van der Waals surface area contributed by atoms with Gasteiger partial charge in [0.05, 0.1) is 29.6 Å². The number of carbonyl (C=O) groups excluding carboxylic acids is 1. The first-order valence-electron chi connectivity index (χ1n) is 7.96. The van der Waals surface area contributed by atoms with Crippen molar-refractivity contribution in [3.8, 4) is 0 Å². The molecule has 25 heavy (non-hydrogen) atoms. The van der Waals surface area contributed by atoms with Gasteiger partial charge in [0.2, 0.25) is 5.91 Å². The summed E-state index contributed by atoms with van der Waals surface area (Å²) in [5, 5.41) is 2.84. The van der Waals surface area contributed by atoms with Gasteiger partial charge in [0, 0.05) is 18.3 Å². The van der Waals surface area contributed by atoms with Gasteiger partial charge in [-0.25, -0.2) is 13.8 Å². The van der Waals surface area contributed by atoms with Crippen LogP contribution in [0.3, 0.4) is 0 Å². The van der Waals surface area contributed by atoms with Crippen molar-refractivity contribution in [3.05, 3.63) is 60.2 Å². The molecular formula is C18H18F2N4O. The number of amides is 1. The minimum atomic E-state index is -0.967. The highest BCUT2D eigenvalue weighted by molar-refractivity contribution is 5.84. The molecule has 0 spiro atoms. The van der Waals surface area contributed by atoms with Crippen LogP contribution < -0.4 is 5.32 Å². The van der Waals surface area contributed by atoms with Gasteiger partial charge in [-0.05, 0) is 18.1 Å². The van der Waals surface area contributed by atoms with Crippen LogP contribution in [0.15, 0.2) is 42.9 Å². The molecule has 0 fully saturated rings. The molecule has 0 aliphatic carbocycles. The molecule has 1 amide bonds. The molecule has 7 heteroatoms. The van der Waals surface area contributed by atoms with E-state index in [0.29, 0.717) is 17.6 Å². The van der Waals surface area contributed by atoms with Crippen molar-refractivity contribution in [3.63, 3.8) is 0 Å². The fourth-order valence-electron chi connectivity index (χ4n) is 2.78. The Hall–Kier alpha value is -2.83. The Bertz CT molecular complexity index is 893. The molecule has 2 aromatic heterocycles. The Morgan fingerprint density at radius 3 is 2.64 bits per heavy atom. The SMILES string of the molecule is CC(C)C(C(=O)NCc1ccccn1)n1cnc2cc(F)c(F)cc21. The third kappa shape index (κ3) is 3.50. The van der Waals surface area contributed by atoms with Gasteiger partial charge < -0.3 is 9.88 Å². The predicted octanol–water partition coefficient (Wildman–Crippen LogP) is 3.22. The number of hydrogen-bond donors (Lipinski definition) is 1. The summed E-state index contributed by atoms with van der Waals surface area (Å²) in [6.07, 6.45) is 3.09. The zero-order valence-corrected chi connectivity index (χ0v) is 13.9. The molecule has 3 rings (SSSR count). The van der Waals surface area contributed by atoms with E-state index in [1.165, 1.54) is 6.33 Å². The Kier molecular flexibility index (Phi) is 4.74. The highest BCUT2D eigenvalue weighted by Gasteiger charge is 2.26. The highest BCUT2D eigenvalue weighted by Crippen LogP contribution is 2.25. The molecule has 0 radical (unpaired) electrons. The minimum Gasteiger partial charge on any atom is -0.349 e. The number of nitrogens with zero attached hydrogens (tertiary/aromatic N) is 3. The molecular weight excluding hydrogens is 326 g/mol. The van der Waals surface area contributed by atoms with Crippen LogP contribution in [-0.4, -0.2) is 20.4 Å². The summed E-state index contributed by atoms with van der Waals surface area (Å²) in [6, 6.07) is 6.96. The summed E-state index contributed by atoms with van der Waals surface area (Å²) in [7, 11) is 0. The van der Waals surface area contributed by atoms with Gasteiger partial charge in [-0.3, -0.25) is 9.78 Å². The molecule has 0 saturated heterocycles. The lowest BCUT2D eigenvalue weighted by Gasteiger charge is -2.22. The van der Waals surface area contributed by atoms with Crippen molar-refractivity contribution in [2.45, 2.75) is 26.4 Å². The van der Waals surface area contributed by atoms with Gasteiger partial charge in [-0.1, -0.05) is 19.9 Å². The van der Waals surface area contributed by atoms with Crippen LogP contribution >= 0.6 is 0 Å². The van der Waals surface area contributed by atoms with Crippen LogP contribution in [0.2, 0.25) is 0 Å². The zero-order chi connectivity index (χ0) is 18.0. The van der Waals surface area contributed by atoms with Gasteiger partial charge in [-0.15, -0.1) is 0 Å². The fourth-order valence-corrected chi connectivity index (χ4v) is 2.78. The third-order valence-electron chi connectivity index (χ3n) is 3.99. The van der Waals surface area contributed by atoms with Crippen LogP contribution in [0.4, 0.5) is 8.78 Å². The maximum Gasteiger partial charge on any atom is 0.243 e. The van der Waals surface area contributed by atoms with Gasteiger partial charge >= 0.3 is 0 Å². The molecule has 1 atom stereocenters. The van der Waals surface area contributed by atoms with E-state index in [1.54, 1.807) is 16.8 Å². The van der Waals surface area contributed by atoms with E-state index in [4.69, 9.17) is 0 Å². The van der Waals surface area contributed by atoms with E-state index < -0.39 is 17.7 Å². The summed E-state index contributed by atoms with van der Waals surface area (Å²) in [5.41, 5.74) is 1.43. The van der Waals surface area contributed by atoms with Crippen molar-refractivity contribution in [1.82, 2.24) is 19.9 Å². The number of benzene rings is 1. The average molecular weight is 344 g/mol. The fraction of sp³-hybridized carbons (Fsp3) is 0.278. The van der Waals surface area contributed by atoms with E-state index >= 15 is 0 Å². The smallest absolute Gasteiger partial charge is 0.243 e. The maximum absolute atomic E-state index is 13.6. The Morgan fingerprint density at radius 2 is 1.96 bits per heavy atom. The van der Waals surface area contributed by atoms with E-state index in [0.717, 1.165) is 17.8 Å². The van der Waals surface area contributed by atoms with E-state index in [9.17, 15) is 13.6 Å². The molecule has 1 unspecified atom stereocenters. The van der Waals surface area contributed by atoms with Crippen molar-refractivity contribution < 1.29 is 13.6 Å². The molecule has 0 bridgehead atoms. The predicted molar refractivity (Wildman–Crippen MR) is 89.6 cm³/mol. The highest BCUT2D eigenvalue weighted by atomic mass is 19.2. The minimum absolute atomic E-state index is 0.0748. The quantitative estimate of drug-likeness (QED) is 0.773. The second-order valence-electron chi connectivity index (χ2n) is 6.13. The lowest BCUT2D eigenvalue weighted by atomic mass is 10.0. The van der Waals surface area contributed by atoms with Gasteiger partial charge in [0.25, 0.3) is 0 Å². The van der Waals surface area contributed by atoms with Crippen molar-refractivity contribution in [1.29, 1.82) is 0 Å². The first-order chi connectivity index (χ1) is 12.0. The second-order valence-corrected chi connectivity index (χ2v) is 6.13. The van der Waals surface area contributed by atoms with Crippen LogP contribution in [0.5, 0.6) is 0 Å². The van der Waals surface area contributed by atoms with Crippen LogP contribution in [0.25, 0.3) is 11.0 Å². The Labute approximate surface area is 143 Å². The summed E-state index contributed by atoms with van der Waals surface area (Å²) >= 11 is 0. The van der Waals surface area contributed by atoms with Gasteiger partial charge in [0.1, 0.15) is 6.04 Å². The van der Waals surface area contributed by atoms with Crippen LogP contribution in [-0.2, 0) is 11.3 Å². The van der Waals surface area contributed by atoms with E-state index in [-0.39, 0.29) is 11.8 Å². The molecule has 1 N–H and O–H groups in total. The number of carbonyl (C=O) groups is 1. The number of nitrogens with one attached hydrogen (secondary N) is 1. The molecule has 1 aromatic carbocycles. The number of hydrogen-bond acceptors (Lipinski definition) is 3. The lowest BCUT2D eigenvalue weighted by molar-refractivity contribution is -0.125. The molecule has 130 valence electrons. The number of halogens is 2. The molecule has 5 nitrogen and oxygen atoms in total. The van der Waals surface area contributed by atoms with Crippen molar-refractivity contribution in [2.24, 2.45) is 5.92 Å². The second kappa shape index (κ2) is 6.96. The number of aromatic nitrogens is 3. The number of imidazole rings is 1. The molecule has 0 aliphatic heterocycles. The average Bonchev–Trinajstić information content (AvgIpc) is 2.97. The molecule has 0 saturated carbocycles. The number of rotatable bonds is 5. The first-order valence-corrected chi connectivity index (χ1v) is 7.96. The molecule has 3 aromatic rings. The summed E-state index contributed by atoms with van der Waals surface area (Å²) in [5.74, 6) is -2.23. The zero-order valence-electron chi connectivity index (χ0n) is 13.9. The normalized spacial score (nSPS) is 12.5. The van der Waals surface area contributed by atoms with Crippen molar-refractivity contribution in [2.75, 3.05) is 0 Å². The lowest BCUT2D eigenvalue weighted by Crippen LogP contribution is -2.35.